The molecule has 0 spiro atoms. The van der Waals surface area contributed by atoms with E-state index in [1.807, 2.05) is 30.3 Å². The number of hydrogen-bond acceptors (Lipinski definition) is 4. The van der Waals surface area contributed by atoms with Crippen molar-refractivity contribution >= 4 is 15.2 Å². The molecule has 9 nitrogen and oxygen atoms in total. The summed E-state index contributed by atoms with van der Waals surface area (Å²) in [7, 11) is -10.5. The summed E-state index contributed by atoms with van der Waals surface area (Å²) in [5.41, 5.74) is 6.38. The van der Waals surface area contributed by atoms with Crippen molar-refractivity contribution in [2.45, 2.75) is 17.9 Å². The first-order valence-corrected chi connectivity index (χ1v) is 9.73. The Hall–Kier alpha value is -1.31. The zero-order chi connectivity index (χ0) is 17.3. The van der Waals surface area contributed by atoms with Crippen LogP contribution >= 0.6 is 15.2 Å². The number of nitrogens with one attached hydrogen (secondary N) is 1. The van der Waals surface area contributed by atoms with Gasteiger partial charge in [0.05, 0.1) is 5.69 Å². The number of benzene rings is 1. The van der Waals surface area contributed by atoms with Crippen LogP contribution in [0, 0.1) is 0 Å². The average Bonchev–Trinajstić information content (AvgIpc) is 2.84. The van der Waals surface area contributed by atoms with Crippen molar-refractivity contribution in [2.24, 2.45) is 5.73 Å². The summed E-state index contributed by atoms with van der Waals surface area (Å²) in [5, 5.41) is -3.00. The molecule has 0 aliphatic heterocycles. The number of rotatable bonds is 6. The summed E-state index contributed by atoms with van der Waals surface area (Å²) in [6.07, 6.45) is 1.00. The highest BCUT2D eigenvalue weighted by atomic mass is 31.2. The van der Waals surface area contributed by atoms with Crippen LogP contribution in [0.2, 0.25) is 0 Å². The Balaban J connectivity index is 2.23. The molecular weight excluding hydrogens is 344 g/mol. The molecule has 0 unspecified atom stereocenters. The van der Waals surface area contributed by atoms with Gasteiger partial charge in [-0.05, 0) is 5.56 Å². The number of aromatic amines is 1. The van der Waals surface area contributed by atoms with Crippen molar-refractivity contribution < 1.29 is 28.7 Å². The lowest BCUT2D eigenvalue weighted by molar-refractivity contribution is 0.307. The largest absolute Gasteiger partial charge is 0.358 e. The maximum absolute atomic E-state index is 11.4. The quantitative estimate of drug-likeness (QED) is 0.404. The molecule has 0 bridgehead atoms. The Kier molecular flexibility index (Phi) is 4.94. The van der Waals surface area contributed by atoms with Crippen molar-refractivity contribution in [3.8, 4) is 0 Å². The van der Waals surface area contributed by atoms with Gasteiger partial charge in [-0.15, -0.1) is 0 Å². The third-order valence-electron chi connectivity index (χ3n) is 3.35. The van der Waals surface area contributed by atoms with Crippen LogP contribution in [0.4, 0.5) is 0 Å². The second-order valence-corrected chi connectivity index (χ2v) is 9.27. The third-order valence-corrected chi connectivity index (χ3v) is 7.25. The maximum atomic E-state index is 11.4. The molecule has 1 heterocycles. The summed E-state index contributed by atoms with van der Waals surface area (Å²) in [6, 6.07) is 9.32. The monoisotopic (exact) mass is 361 g/mol. The standard InChI is InChI=1S/C12H17N3O6P2/c13-12(22(16,17)18,23(19,20)21)7-10-8-14-11(15-10)6-9-4-2-1-3-5-9/h1-5,8H,6-7,13H2,(H,14,15)(H2,16,17,18)(H2,19,20,21). The van der Waals surface area contributed by atoms with Gasteiger partial charge in [0, 0.05) is 19.0 Å². The predicted molar refractivity (Wildman–Crippen MR) is 82.5 cm³/mol. The first kappa shape index (κ1) is 18.0. The summed E-state index contributed by atoms with van der Waals surface area (Å²) < 4.78 is 22.9. The number of imidazole rings is 1. The Bertz CT molecular complexity index is 744. The molecule has 1 aromatic heterocycles. The highest BCUT2D eigenvalue weighted by molar-refractivity contribution is 7.72. The first-order valence-electron chi connectivity index (χ1n) is 6.50. The smallest absolute Gasteiger partial charge is 0.348 e. The topological polar surface area (TPSA) is 170 Å². The minimum absolute atomic E-state index is 0.0603. The van der Waals surface area contributed by atoms with E-state index in [0.29, 0.717) is 12.2 Å². The molecule has 0 aliphatic rings. The average molecular weight is 361 g/mol. The molecule has 0 radical (unpaired) electrons. The molecule has 11 heteroatoms. The molecule has 2 aromatic rings. The molecule has 0 amide bonds. The molecule has 0 fully saturated rings. The molecule has 2 rings (SSSR count). The zero-order valence-electron chi connectivity index (χ0n) is 11.9. The summed E-state index contributed by atoms with van der Waals surface area (Å²) in [6.45, 7) is 0. The van der Waals surface area contributed by atoms with Gasteiger partial charge in [0.25, 0.3) is 0 Å². The SMILES string of the molecule is NC(Cc1c[nH]c(Cc2ccccc2)n1)(P(=O)(O)O)P(=O)(O)O. The van der Waals surface area contributed by atoms with Crippen molar-refractivity contribution in [1.82, 2.24) is 9.97 Å². The molecular formula is C12H17N3O6P2. The number of nitrogens with two attached hydrogens (primary N) is 1. The van der Waals surface area contributed by atoms with Gasteiger partial charge < -0.3 is 30.3 Å². The fourth-order valence-corrected chi connectivity index (χ4v) is 4.11. The maximum Gasteiger partial charge on any atom is 0.358 e. The van der Waals surface area contributed by atoms with E-state index >= 15 is 0 Å². The highest BCUT2D eigenvalue weighted by Gasteiger charge is 2.57. The molecule has 0 atom stereocenters. The number of hydrogen-bond donors (Lipinski definition) is 6. The van der Waals surface area contributed by atoms with Gasteiger partial charge in [-0.25, -0.2) is 4.98 Å². The fourth-order valence-electron chi connectivity index (χ4n) is 2.02. The van der Waals surface area contributed by atoms with Gasteiger partial charge in [0.15, 0.2) is 0 Å². The van der Waals surface area contributed by atoms with E-state index in [-0.39, 0.29) is 5.69 Å². The molecule has 0 saturated carbocycles. The van der Waals surface area contributed by atoms with Gasteiger partial charge >= 0.3 is 15.2 Å². The van der Waals surface area contributed by atoms with Crippen molar-refractivity contribution in [2.75, 3.05) is 0 Å². The summed E-state index contributed by atoms with van der Waals surface area (Å²) in [5.74, 6) is 0.491. The number of aromatic nitrogens is 2. The van der Waals surface area contributed by atoms with Crippen LogP contribution in [0.1, 0.15) is 17.1 Å². The minimum atomic E-state index is -5.27. The van der Waals surface area contributed by atoms with Crippen LogP contribution in [0.3, 0.4) is 0 Å². The fraction of sp³-hybridized carbons (Fsp3) is 0.250. The van der Waals surface area contributed by atoms with Crippen molar-refractivity contribution in [3.05, 3.63) is 53.6 Å². The Labute approximate surface area is 131 Å². The van der Waals surface area contributed by atoms with E-state index < -0.39 is 26.6 Å². The molecule has 1 aromatic carbocycles. The lowest BCUT2D eigenvalue weighted by atomic mass is 10.1. The molecule has 126 valence electrons. The van der Waals surface area contributed by atoms with Crippen LogP contribution in [-0.2, 0) is 22.0 Å². The van der Waals surface area contributed by atoms with Gasteiger partial charge in [0.2, 0.25) is 5.02 Å². The van der Waals surface area contributed by atoms with Crippen molar-refractivity contribution in [1.29, 1.82) is 0 Å². The van der Waals surface area contributed by atoms with E-state index in [9.17, 15) is 28.7 Å². The lowest BCUT2D eigenvalue weighted by Gasteiger charge is -2.29. The van der Waals surface area contributed by atoms with Crippen molar-refractivity contribution in [3.63, 3.8) is 0 Å². The van der Waals surface area contributed by atoms with Crippen LogP contribution in [0.15, 0.2) is 36.5 Å². The van der Waals surface area contributed by atoms with Gasteiger partial charge in [0.1, 0.15) is 5.82 Å². The second kappa shape index (κ2) is 6.30. The molecule has 7 N–H and O–H groups in total. The van der Waals surface area contributed by atoms with E-state index in [1.54, 1.807) is 0 Å². The molecule has 23 heavy (non-hydrogen) atoms. The number of H-pyrrole nitrogens is 1. The normalized spacial score (nSPS) is 13.3. The Morgan fingerprint density at radius 2 is 1.65 bits per heavy atom. The summed E-state index contributed by atoms with van der Waals surface area (Å²) >= 11 is 0. The summed E-state index contributed by atoms with van der Waals surface area (Å²) in [4.78, 5) is 43.8. The Morgan fingerprint density at radius 1 is 1.09 bits per heavy atom. The second-order valence-electron chi connectivity index (χ2n) is 5.14. The van der Waals surface area contributed by atoms with Crippen LogP contribution in [0.25, 0.3) is 0 Å². The van der Waals surface area contributed by atoms with E-state index in [2.05, 4.69) is 9.97 Å². The predicted octanol–water partition coefficient (Wildman–Crippen LogP) is 0.511. The highest BCUT2D eigenvalue weighted by Crippen LogP contribution is 2.66. The zero-order valence-corrected chi connectivity index (χ0v) is 13.7. The van der Waals surface area contributed by atoms with E-state index in [1.165, 1.54) is 6.20 Å². The molecule has 0 saturated heterocycles. The first-order chi connectivity index (χ1) is 10.5. The number of nitrogens with zero attached hydrogens (tertiary/aromatic N) is 1. The van der Waals surface area contributed by atoms with Crippen LogP contribution in [0.5, 0.6) is 0 Å². The van der Waals surface area contributed by atoms with Gasteiger partial charge in [-0.2, -0.15) is 0 Å². The third kappa shape index (κ3) is 3.97. The molecule has 0 aliphatic carbocycles. The van der Waals surface area contributed by atoms with E-state index in [0.717, 1.165) is 5.56 Å². The van der Waals surface area contributed by atoms with Gasteiger partial charge in [-0.3, -0.25) is 9.13 Å². The minimum Gasteiger partial charge on any atom is -0.348 e. The van der Waals surface area contributed by atoms with Gasteiger partial charge in [-0.1, -0.05) is 30.3 Å². The van der Waals surface area contributed by atoms with E-state index in [4.69, 9.17) is 5.73 Å². The lowest BCUT2D eigenvalue weighted by Crippen LogP contribution is -2.41. The Morgan fingerprint density at radius 3 is 2.17 bits per heavy atom. The van der Waals surface area contributed by atoms with Crippen LogP contribution < -0.4 is 5.73 Å². The van der Waals surface area contributed by atoms with Crippen LogP contribution in [-0.4, -0.2) is 34.6 Å².